The summed E-state index contributed by atoms with van der Waals surface area (Å²) in [4.78, 5) is -0.171. The Hall–Kier alpha value is -1.80. The summed E-state index contributed by atoms with van der Waals surface area (Å²) in [6, 6.07) is 7.36. The molecule has 106 valence electrons. The van der Waals surface area contributed by atoms with E-state index in [1.807, 2.05) is 0 Å². The number of phenolic OH excluding ortho intramolecular Hbond substituents is 1. The summed E-state index contributed by atoms with van der Waals surface area (Å²) in [6.45, 7) is 0. The van der Waals surface area contributed by atoms with E-state index in [-0.39, 0.29) is 22.0 Å². The van der Waals surface area contributed by atoms with Crippen molar-refractivity contribution in [3.05, 3.63) is 46.7 Å². The third-order valence-electron chi connectivity index (χ3n) is 2.48. The number of aromatic hydroxyl groups is 1. The topological polar surface area (TPSA) is 92.4 Å². The molecule has 8 heteroatoms. The fourth-order valence-electron chi connectivity index (χ4n) is 1.48. The number of nitrogens with two attached hydrogens (primary N) is 1. The molecule has 4 N–H and O–H groups in total. The minimum absolute atomic E-state index is 0.0795. The van der Waals surface area contributed by atoms with Crippen molar-refractivity contribution in [2.45, 2.75) is 4.90 Å². The monoisotopic (exact) mass is 360 g/mol. The fourth-order valence-corrected chi connectivity index (χ4v) is 2.91. The number of sulfonamides is 1. The van der Waals surface area contributed by atoms with Crippen LogP contribution in [-0.2, 0) is 10.0 Å². The largest absolute Gasteiger partial charge is 0.506 e. The average molecular weight is 361 g/mol. The van der Waals surface area contributed by atoms with E-state index in [1.165, 1.54) is 18.2 Å². The fraction of sp³-hybridized carbons (Fsp3) is 0. The van der Waals surface area contributed by atoms with Crippen molar-refractivity contribution in [3.8, 4) is 5.75 Å². The lowest BCUT2D eigenvalue weighted by molar-refractivity contribution is 0.477. The van der Waals surface area contributed by atoms with Gasteiger partial charge in [0.1, 0.15) is 11.6 Å². The number of benzene rings is 2. The van der Waals surface area contributed by atoms with E-state index in [0.29, 0.717) is 4.47 Å². The molecule has 0 aliphatic carbocycles. The Bertz CT molecular complexity index is 765. The number of hydrogen-bond acceptors (Lipinski definition) is 4. The van der Waals surface area contributed by atoms with Crippen molar-refractivity contribution < 1.29 is 17.9 Å². The first kappa shape index (κ1) is 14.6. The van der Waals surface area contributed by atoms with E-state index in [4.69, 9.17) is 5.73 Å². The van der Waals surface area contributed by atoms with Crippen molar-refractivity contribution in [2.24, 2.45) is 0 Å². The highest BCUT2D eigenvalue weighted by molar-refractivity contribution is 9.10. The van der Waals surface area contributed by atoms with E-state index in [9.17, 15) is 17.9 Å². The van der Waals surface area contributed by atoms with Crippen LogP contribution in [0, 0.1) is 5.82 Å². The molecule has 0 radical (unpaired) electrons. The van der Waals surface area contributed by atoms with Crippen LogP contribution in [0.3, 0.4) is 0 Å². The van der Waals surface area contributed by atoms with E-state index < -0.39 is 15.8 Å². The summed E-state index contributed by atoms with van der Waals surface area (Å²) in [7, 11) is -3.98. The third kappa shape index (κ3) is 3.02. The maximum absolute atomic E-state index is 13.6. The highest BCUT2D eigenvalue weighted by Crippen LogP contribution is 2.26. The summed E-state index contributed by atoms with van der Waals surface area (Å²) in [5, 5.41) is 9.27. The zero-order valence-corrected chi connectivity index (χ0v) is 12.4. The predicted octanol–water partition coefficient (Wildman–Crippen LogP) is 2.68. The summed E-state index contributed by atoms with van der Waals surface area (Å²) < 4.78 is 40.4. The van der Waals surface area contributed by atoms with Crippen molar-refractivity contribution in [2.75, 3.05) is 10.5 Å². The highest BCUT2D eigenvalue weighted by Gasteiger charge is 2.17. The van der Waals surface area contributed by atoms with Crippen LogP contribution in [0.25, 0.3) is 0 Å². The summed E-state index contributed by atoms with van der Waals surface area (Å²) in [6.07, 6.45) is 0. The van der Waals surface area contributed by atoms with Gasteiger partial charge in [0.15, 0.2) is 0 Å². The molecule has 0 bridgehead atoms. The molecular weight excluding hydrogens is 351 g/mol. The molecule has 0 spiro atoms. The predicted molar refractivity (Wildman–Crippen MR) is 77.4 cm³/mol. The second-order valence-electron chi connectivity index (χ2n) is 3.95. The van der Waals surface area contributed by atoms with E-state index >= 15 is 0 Å². The Kier molecular flexibility index (Phi) is 3.87. The molecule has 0 atom stereocenters. The maximum Gasteiger partial charge on any atom is 0.262 e. The van der Waals surface area contributed by atoms with Gasteiger partial charge in [0.2, 0.25) is 0 Å². The van der Waals surface area contributed by atoms with Gasteiger partial charge in [0.05, 0.1) is 16.3 Å². The standard InChI is InChI=1S/C12H10BrFN2O3S/c13-7-1-3-11(9(14)5-7)16-20(18,19)8-2-4-12(17)10(15)6-8/h1-6,16-17H,15H2. The Balaban J connectivity index is 2.38. The van der Waals surface area contributed by atoms with Crippen LogP contribution in [0.15, 0.2) is 45.8 Å². The summed E-state index contributed by atoms with van der Waals surface area (Å²) in [5.41, 5.74) is 5.18. The molecule has 2 rings (SSSR count). The molecule has 0 amide bonds. The minimum atomic E-state index is -3.98. The molecular formula is C12H10BrFN2O3S. The van der Waals surface area contributed by atoms with E-state index in [0.717, 1.165) is 18.2 Å². The van der Waals surface area contributed by atoms with Crippen LogP contribution >= 0.6 is 15.9 Å². The minimum Gasteiger partial charge on any atom is -0.506 e. The lowest BCUT2D eigenvalue weighted by Gasteiger charge is -2.10. The molecule has 0 saturated carbocycles. The van der Waals surface area contributed by atoms with Crippen molar-refractivity contribution >= 4 is 37.3 Å². The smallest absolute Gasteiger partial charge is 0.262 e. The molecule has 2 aromatic carbocycles. The highest BCUT2D eigenvalue weighted by atomic mass is 79.9. The second-order valence-corrected chi connectivity index (χ2v) is 6.55. The molecule has 0 heterocycles. The van der Waals surface area contributed by atoms with Gasteiger partial charge < -0.3 is 10.8 Å². The molecule has 20 heavy (non-hydrogen) atoms. The van der Waals surface area contributed by atoms with Crippen LogP contribution in [-0.4, -0.2) is 13.5 Å². The number of phenols is 1. The number of hydrogen-bond donors (Lipinski definition) is 3. The molecule has 0 aliphatic rings. The van der Waals surface area contributed by atoms with Crippen molar-refractivity contribution in [1.82, 2.24) is 0 Å². The van der Waals surface area contributed by atoms with E-state index in [1.54, 1.807) is 0 Å². The van der Waals surface area contributed by atoms with Crippen LogP contribution in [0.2, 0.25) is 0 Å². The van der Waals surface area contributed by atoms with Crippen LogP contribution in [0.5, 0.6) is 5.75 Å². The average Bonchev–Trinajstić information content (AvgIpc) is 2.36. The number of nitrogens with one attached hydrogen (secondary N) is 1. The SMILES string of the molecule is Nc1cc(S(=O)(=O)Nc2ccc(Br)cc2F)ccc1O. The van der Waals surface area contributed by atoms with Crippen LogP contribution in [0.1, 0.15) is 0 Å². The van der Waals surface area contributed by atoms with Crippen LogP contribution in [0.4, 0.5) is 15.8 Å². The van der Waals surface area contributed by atoms with Gasteiger partial charge in [-0.25, -0.2) is 12.8 Å². The number of anilines is 2. The normalized spacial score (nSPS) is 11.3. The van der Waals surface area contributed by atoms with E-state index in [2.05, 4.69) is 20.7 Å². The second kappa shape index (κ2) is 5.29. The molecule has 2 aromatic rings. The van der Waals surface area contributed by atoms with Gasteiger partial charge in [-0.1, -0.05) is 15.9 Å². The van der Waals surface area contributed by atoms with Crippen molar-refractivity contribution in [1.29, 1.82) is 0 Å². The Morgan fingerprint density at radius 2 is 1.90 bits per heavy atom. The lowest BCUT2D eigenvalue weighted by atomic mass is 10.3. The van der Waals surface area contributed by atoms with Gasteiger partial charge in [-0.2, -0.15) is 0 Å². The molecule has 0 fully saturated rings. The lowest BCUT2D eigenvalue weighted by Crippen LogP contribution is -2.14. The number of nitrogen functional groups attached to an aromatic ring is 1. The van der Waals surface area contributed by atoms with Gasteiger partial charge in [0.25, 0.3) is 10.0 Å². The molecule has 0 saturated heterocycles. The third-order valence-corrected chi connectivity index (χ3v) is 4.34. The quantitative estimate of drug-likeness (QED) is 0.579. The Morgan fingerprint density at radius 3 is 2.50 bits per heavy atom. The molecule has 5 nitrogen and oxygen atoms in total. The Morgan fingerprint density at radius 1 is 1.20 bits per heavy atom. The zero-order chi connectivity index (χ0) is 14.9. The molecule has 0 aliphatic heterocycles. The first-order valence-corrected chi connectivity index (χ1v) is 7.63. The zero-order valence-electron chi connectivity index (χ0n) is 9.97. The molecule has 0 aromatic heterocycles. The van der Waals surface area contributed by atoms with Gasteiger partial charge >= 0.3 is 0 Å². The van der Waals surface area contributed by atoms with Crippen molar-refractivity contribution in [3.63, 3.8) is 0 Å². The van der Waals surface area contributed by atoms with Gasteiger partial charge in [0, 0.05) is 4.47 Å². The number of halogens is 2. The number of rotatable bonds is 3. The maximum atomic E-state index is 13.6. The molecule has 0 unspecified atom stereocenters. The first-order valence-electron chi connectivity index (χ1n) is 5.36. The van der Waals surface area contributed by atoms with Gasteiger partial charge in [-0.3, -0.25) is 4.72 Å². The van der Waals surface area contributed by atoms with Crippen LogP contribution < -0.4 is 10.5 Å². The van der Waals surface area contributed by atoms with Gasteiger partial charge in [-0.05, 0) is 36.4 Å². The Labute approximate surface area is 123 Å². The first-order chi connectivity index (χ1) is 9.29. The summed E-state index contributed by atoms with van der Waals surface area (Å²) >= 11 is 3.08. The van der Waals surface area contributed by atoms with Gasteiger partial charge in [-0.15, -0.1) is 0 Å². The summed E-state index contributed by atoms with van der Waals surface area (Å²) in [5.74, 6) is -0.937.